The Morgan fingerprint density at radius 2 is 1.95 bits per heavy atom. The van der Waals surface area contributed by atoms with Gasteiger partial charge in [0, 0.05) is 17.8 Å². The number of nitrogens with zero attached hydrogens (tertiary/aromatic N) is 1. The fourth-order valence-electron chi connectivity index (χ4n) is 3.27. The minimum atomic E-state index is -0.324. The Morgan fingerprint density at radius 3 is 2.62 bits per heavy atom. The number of fused-ring (bicyclic) bond motifs is 1. The molecule has 0 aliphatic carbocycles. The summed E-state index contributed by atoms with van der Waals surface area (Å²) in [5, 5.41) is 0. The van der Waals surface area contributed by atoms with Crippen molar-refractivity contribution in [1.29, 1.82) is 0 Å². The third-order valence-corrected chi connectivity index (χ3v) is 4.30. The molecule has 110 valence electrons. The summed E-state index contributed by atoms with van der Waals surface area (Å²) >= 11 is 0. The molecule has 3 nitrogen and oxygen atoms in total. The van der Waals surface area contributed by atoms with Crippen molar-refractivity contribution < 1.29 is 0 Å². The zero-order valence-corrected chi connectivity index (χ0v) is 12.9. The SMILES string of the molecule is Cc1c(N2CCCc3ccc(CC(C)C)cc32)c(=O)c1=O. The molecule has 0 saturated carbocycles. The monoisotopic (exact) mass is 283 g/mol. The number of hydrogen-bond donors (Lipinski definition) is 0. The Morgan fingerprint density at radius 1 is 1.19 bits per heavy atom. The summed E-state index contributed by atoms with van der Waals surface area (Å²) in [4.78, 5) is 25.5. The van der Waals surface area contributed by atoms with Gasteiger partial charge >= 0.3 is 0 Å². The van der Waals surface area contributed by atoms with Gasteiger partial charge in [0.05, 0.1) is 0 Å². The van der Waals surface area contributed by atoms with Crippen molar-refractivity contribution in [3.8, 4) is 0 Å². The van der Waals surface area contributed by atoms with E-state index in [4.69, 9.17) is 0 Å². The van der Waals surface area contributed by atoms with E-state index in [0.29, 0.717) is 17.2 Å². The zero-order valence-electron chi connectivity index (χ0n) is 12.9. The first kappa shape index (κ1) is 14.1. The molecular formula is C18H21NO2. The second-order valence-electron chi connectivity index (χ2n) is 6.45. The molecule has 21 heavy (non-hydrogen) atoms. The molecule has 0 N–H and O–H groups in total. The van der Waals surface area contributed by atoms with Crippen molar-refractivity contribution in [2.45, 2.75) is 40.0 Å². The highest BCUT2D eigenvalue weighted by Crippen LogP contribution is 2.34. The first-order chi connectivity index (χ1) is 9.99. The van der Waals surface area contributed by atoms with Crippen molar-refractivity contribution in [3.05, 3.63) is 55.3 Å². The normalized spacial score (nSPS) is 14.8. The summed E-state index contributed by atoms with van der Waals surface area (Å²) in [5.41, 5.74) is 4.28. The minimum absolute atomic E-state index is 0.324. The summed E-state index contributed by atoms with van der Waals surface area (Å²) in [5.74, 6) is 0.605. The van der Waals surface area contributed by atoms with E-state index < -0.39 is 0 Å². The molecule has 0 radical (unpaired) electrons. The highest BCUT2D eigenvalue weighted by molar-refractivity contribution is 5.72. The lowest BCUT2D eigenvalue weighted by Gasteiger charge is -2.33. The molecule has 3 rings (SSSR count). The number of aryl methyl sites for hydroxylation is 1. The number of rotatable bonds is 3. The van der Waals surface area contributed by atoms with Gasteiger partial charge in [0.15, 0.2) is 0 Å². The van der Waals surface area contributed by atoms with Gasteiger partial charge in [0.25, 0.3) is 0 Å². The minimum Gasteiger partial charge on any atom is -0.338 e. The van der Waals surface area contributed by atoms with Gasteiger partial charge in [-0.15, -0.1) is 0 Å². The van der Waals surface area contributed by atoms with Gasteiger partial charge in [0.1, 0.15) is 5.69 Å². The molecule has 0 unspecified atom stereocenters. The van der Waals surface area contributed by atoms with Crippen molar-refractivity contribution in [2.24, 2.45) is 5.92 Å². The van der Waals surface area contributed by atoms with E-state index in [1.807, 2.05) is 0 Å². The van der Waals surface area contributed by atoms with Crippen LogP contribution in [0.4, 0.5) is 11.4 Å². The van der Waals surface area contributed by atoms with E-state index in [9.17, 15) is 9.59 Å². The predicted molar refractivity (Wildman–Crippen MR) is 86.4 cm³/mol. The van der Waals surface area contributed by atoms with Crippen LogP contribution in [0.2, 0.25) is 0 Å². The molecule has 1 heterocycles. The number of anilines is 2. The summed E-state index contributed by atoms with van der Waals surface area (Å²) < 4.78 is 0. The van der Waals surface area contributed by atoms with Crippen LogP contribution in [0.25, 0.3) is 0 Å². The standard InChI is InChI=1S/C18H21NO2/c1-11(2)9-13-6-7-14-5-4-8-19(15(14)10-13)16-12(3)17(20)18(16)21/h6-7,10-11H,4-5,8-9H2,1-3H3. The lowest BCUT2D eigenvalue weighted by Crippen LogP contribution is -2.42. The summed E-state index contributed by atoms with van der Waals surface area (Å²) in [6.07, 6.45) is 3.10. The van der Waals surface area contributed by atoms with Gasteiger partial charge in [0.2, 0.25) is 10.9 Å². The second kappa shape index (κ2) is 5.14. The molecule has 2 aromatic carbocycles. The quantitative estimate of drug-likeness (QED) is 0.813. The molecule has 0 spiro atoms. The van der Waals surface area contributed by atoms with Gasteiger partial charge in [-0.05, 0) is 49.3 Å². The first-order valence-corrected chi connectivity index (χ1v) is 7.68. The van der Waals surface area contributed by atoms with Crippen LogP contribution >= 0.6 is 0 Å². The maximum atomic E-state index is 11.9. The maximum Gasteiger partial charge on any atom is 0.249 e. The lowest BCUT2D eigenvalue weighted by atomic mass is 9.94. The van der Waals surface area contributed by atoms with Gasteiger partial charge < -0.3 is 4.90 Å². The van der Waals surface area contributed by atoms with Crippen molar-refractivity contribution in [2.75, 3.05) is 11.4 Å². The Labute approximate surface area is 124 Å². The van der Waals surface area contributed by atoms with E-state index in [0.717, 1.165) is 31.5 Å². The summed E-state index contributed by atoms with van der Waals surface area (Å²) in [6.45, 7) is 6.99. The molecule has 0 fully saturated rings. The molecule has 0 amide bonds. The summed E-state index contributed by atoms with van der Waals surface area (Å²) in [7, 11) is 0. The highest BCUT2D eigenvalue weighted by atomic mass is 16.2. The Hall–Kier alpha value is -1.90. The van der Waals surface area contributed by atoms with Gasteiger partial charge in [-0.1, -0.05) is 26.0 Å². The van der Waals surface area contributed by atoms with E-state index in [2.05, 4.69) is 36.9 Å². The van der Waals surface area contributed by atoms with E-state index in [1.165, 1.54) is 11.1 Å². The third-order valence-electron chi connectivity index (χ3n) is 4.30. The smallest absolute Gasteiger partial charge is 0.249 e. The average molecular weight is 283 g/mol. The van der Waals surface area contributed by atoms with E-state index >= 15 is 0 Å². The van der Waals surface area contributed by atoms with Crippen LogP contribution in [-0.4, -0.2) is 6.54 Å². The number of hydrogen-bond acceptors (Lipinski definition) is 3. The highest BCUT2D eigenvalue weighted by Gasteiger charge is 2.27. The molecule has 3 heteroatoms. The van der Waals surface area contributed by atoms with Crippen molar-refractivity contribution >= 4 is 11.4 Å². The fourth-order valence-corrected chi connectivity index (χ4v) is 3.27. The van der Waals surface area contributed by atoms with Crippen LogP contribution in [0, 0.1) is 12.8 Å². The first-order valence-electron chi connectivity index (χ1n) is 7.68. The Kier molecular flexibility index (Phi) is 3.44. The molecule has 1 aliphatic rings. The van der Waals surface area contributed by atoms with Crippen molar-refractivity contribution in [3.63, 3.8) is 0 Å². The summed E-state index contributed by atoms with van der Waals surface area (Å²) in [6, 6.07) is 6.57. The fraction of sp³-hybridized carbons (Fsp3) is 0.444. The zero-order chi connectivity index (χ0) is 15.1. The van der Waals surface area contributed by atoms with E-state index in [1.54, 1.807) is 6.92 Å². The van der Waals surface area contributed by atoms with Crippen LogP contribution < -0.4 is 15.8 Å². The molecule has 0 saturated heterocycles. The average Bonchev–Trinajstić information content (AvgIpc) is 2.47. The lowest BCUT2D eigenvalue weighted by molar-refractivity contribution is 0.646. The van der Waals surface area contributed by atoms with Crippen LogP contribution in [0.1, 0.15) is 37.0 Å². The van der Waals surface area contributed by atoms with Crippen LogP contribution in [0.15, 0.2) is 27.8 Å². The van der Waals surface area contributed by atoms with E-state index in [-0.39, 0.29) is 10.9 Å². The van der Waals surface area contributed by atoms with Crippen LogP contribution in [0.5, 0.6) is 0 Å². The largest absolute Gasteiger partial charge is 0.338 e. The topological polar surface area (TPSA) is 37.4 Å². The van der Waals surface area contributed by atoms with Crippen LogP contribution in [-0.2, 0) is 12.8 Å². The van der Waals surface area contributed by atoms with Crippen LogP contribution in [0.3, 0.4) is 0 Å². The molecule has 0 aromatic heterocycles. The second-order valence-corrected chi connectivity index (χ2v) is 6.45. The van der Waals surface area contributed by atoms with Gasteiger partial charge in [-0.3, -0.25) is 9.59 Å². The molecular weight excluding hydrogens is 262 g/mol. The Bertz CT molecular complexity index is 751. The van der Waals surface area contributed by atoms with Gasteiger partial charge in [-0.2, -0.15) is 0 Å². The van der Waals surface area contributed by atoms with Gasteiger partial charge in [-0.25, -0.2) is 0 Å². The third kappa shape index (κ3) is 2.31. The molecule has 1 aliphatic heterocycles. The Balaban J connectivity index is 2.04. The number of benzene rings is 1. The molecule has 0 atom stereocenters. The predicted octanol–water partition coefficient (Wildman–Crippen LogP) is 2.87. The molecule has 2 aromatic rings. The maximum absolute atomic E-state index is 11.9. The van der Waals surface area contributed by atoms with Crippen molar-refractivity contribution in [1.82, 2.24) is 0 Å². The molecule has 0 bridgehead atoms.